The standard InChI is InChI=1S/C19H20N4O2/c1-3-15-16-7-5-9-21(16)10-11-22(15)18(24)14-12-20-17-8-4-6-13(2)23(17)19(14)25/h4-9,12,15H,3,10-11H2,1-2H3. The first-order chi connectivity index (χ1) is 12.1. The number of aromatic nitrogens is 3. The fourth-order valence-corrected chi connectivity index (χ4v) is 3.71. The number of hydrogen-bond donors (Lipinski definition) is 0. The minimum absolute atomic E-state index is 0.0202. The second-order valence-electron chi connectivity index (χ2n) is 6.39. The molecular weight excluding hydrogens is 316 g/mol. The molecule has 1 amide bonds. The van der Waals surface area contributed by atoms with E-state index in [0.717, 1.165) is 24.4 Å². The second-order valence-corrected chi connectivity index (χ2v) is 6.39. The normalized spacial score (nSPS) is 16.9. The Morgan fingerprint density at radius 3 is 2.88 bits per heavy atom. The number of nitrogens with zero attached hydrogens (tertiary/aromatic N) is 4. The Balaban J connectivity index is 1.79. The average molecular weight is 336 g/mol. The molecule has 1 unspecified atom stereocenters. The van der Waals surface area contributed by atoms with Crippen LogP contribution in [0.4, 0.5) is 0 Å². The summed E-state index contributed by atoms with van der Waals surface area (Å²) in [6.07, 6.45) is 4.26. The summed E-state index contributed by atoms with van der Waals surface area (Å²) in [7, 11) is 0. The van der Waals surface area contributed by atoms with Crippen LogP contribution in [0.15, 0.2) is 47.5 Å². The Morgan fingerprint density at radius 1 is 1.24 bits per heavy atom. The number of amides is 1. The zero-order valence-electron chi connectivity index (χ0n) is 14.3. The molecule has 0 saturated carbocycles. The maximum Gasteiger partial charge on any atom is 0.270 e. The maximum atomic E-state index is 13.1. The first-order valence-corrected chi connectivity index (χ1v) is 8.55. The van der Waals surface area contributed by atoms with Gasteiger partial charge in [0.05, 0.1) is 6.04 Å². The second kappa shape index (κ2) is 5.88. The smallest absolute Gasteiger partial charge is 0.270 e. The van der Waals surface area contributed by atoms with Crippen molar-refractivity contribution in [2.75, 3.05) is 6.54 Å². The van der Waals surface area contributed by atoms with E-state index < -0.39 is 0 Å². The van der Waals surface area contributed by atoms with Crippen LogP contribution < -0.4 is 5.56 Å². The van der Waals surface area contributed by atoms with Crippen molar-refractivity contribution in [3.63, 3.8) is 0 Å². The summed E-state index contributed by atoms with van der Waals surface area (Å²) in [5.74, 6) is -0.241. The van der Waals surface area contributed by atoms with Crippen LogP contribution in [-0.2, 0) is 6.54 Å². The van der Waals surface area contributed by atoms with E-state index >= 15 is 0 Å². The molecule has 0 saturated heterocycles. The fourth-order valence-electron chi connectivity index (χ4n) is 3.71. The van der Waals surface area contributed by atoms with E-state index in [-0.39, 0.29) is 23.1 Å². The average Bonchev–Trinajstić information content (AvgIpc) is 3.09. The molecule has 128 valence electrons. The molecule has 3 aromatic rings. The van der Waals surface area contributed by atoms with Crippen LogP contribution in [0.3, 0.4) is 0 Å². The lowest BCUT2D eigenvalue weighted by Crippen LogP contribution is -2.43. The highest BCUT2D eigenvalue weighted by Crippen LogP contribution is 2.29. The number of carbonyl (C=O) groups excluding carboxylic acids is 1. The number of rotatable bonds is 2. The molecule has 1 aliphatic rings. The van der Waals surface area contributed by atoms with E-state index in [2.05, 4.69) is 16.5 Å². The minimum atomic E-state index is -0.302. The van der Waals surface area contributed by atoms with Gasteiger partial charge in [-0.2, -0.15) is 0 Å². The van der Waals surface area contributed by atoms with E-state index in [4.69, 9.17) is 0 Å². The first-order valence-electron chi connectivity index (χ1n) is 8.55. The molecule has 0 radical (unpaired) electrons. The van der Waals surface area contributed by atoms with E-state index in [0.29, 0.717) is 12.2 Å². The van der Waals surface area contributed by atoms with E-state index in [1.54, 1.807) is 11.0 Å². The zero-order valence-corrected chi connectivity index (χ0v) is 14.3. The Kier molecular flexibility index (Phi) is 3.67. The molecule has 25 heavy (non-hydrogen) atoms. The highest BCUT2D eigenvalue weighted by molar-refractivity contribution is 5.94. The quantitative estimate of drug-likeness (QED) is 0.722. The highest BCUT2D eigenvalue weighted by atomic mass is 16.2. The predicted octanol–water partition coefficient (Wildman–Crippen LogP) is 2.41. The van der Waals surface area contributed by atoms with Crippen LogP contribution in [0, 0.1) is 6.92 Å². The van der Waals surface area contributed by atoms with Crippen LogP contribution in [0.1, 0.15) is 41.1 Å². The lowest BCUT2D eigenvalue weighted by atomic mass is 10.1. The Morgan fingerprint density at radius 2 is 2.08 bits per heavy atom. The lowest BCUT2D eigenvalue weighted by Gasteiger charge is -2.36. The van der Waals surface area contributed by atoms with E-state index in [1.807, 2.05) is 37.4 Å². The molecule has 0 N–H and O–H groups in total. The topological polar surface area (TPSA) is 59.6 Å². The molecule has 0 bridgehead atoms. The Bertz CT molecular complexity index is 1020. The highest BCUT2D eigenvalue weighted by Gasteiger charge is 2.31. The fraction of sp³-hybridized carbons (Fsp3) is 0.316. The molecule has 6 heteroatoms. The first kappa shape index (κ1) is 15.6. The molecule has 0 spiro atoms. The molecular formula is C19H20N4O2. The zero-order chi connectivity index (χ0) is 17.6. The van der Waals surface area contributed by atoms with Gasteiger partial charge >= 0.3 is 0 Å². The van der Waals surface area contributed by atoms with Crippen molar-refractivity contribution in [2.45, 2.75) is 32.9 Å². The van der Waals surface area contributed by atoms with E-state index in [9.17, 15) is 9.59 Å². The van der Waals surface area contributed by atoms with Gasteiger partial charge in [-0.1, -0.05) is 13.0 Å². The number of carbonyl (C=O) groups is 1. The lowest BCUT2D eigenvalue weighted by molar-refractivity contribution is 0.0615. The van der Waals surface area contributed by atoms with Gasteiger partial charge in [-0.15, -0.1) is 0 Å². The molecule has 1 atom stereocenters. The molecule has 4 rings (SSSR count). The van der Waals surface area contributed by atoms with Gasteiger partial charge < -0.3 is 9.47 Å². The van der Waals surface area contributed by atoms with Crippen molar-refractivity contribution in [2.24, 2.45) is 0 Å². The van der Waals surface area contributed by atoms with E-state index in [1.165, 1.54) is 10.6 Å². The van der Waals surface area contributed by atoms with Gasteiger partial charge in [0.1, 0.15) is 11.2 Å². The summed E-state index contributed by atoms with van der Waals surface area (Å²) >= 11 is 0. The third kappa shape index (κ3) is 2.36. The Labute approximate surface area is 145 Å². The van der Waals surface area contributed by atoms with Crippen molar-refractivity contribution < 1.29 is 4.79 Å². The third-order valence-electron chi connectivity index (χ3n) is 4.97. The molecule has 6 nitrogen and oxygen atoms in total. The SMILES string of the molecule is CCC1c2cccn2CCN1C(=O)c1cnc2cccc(C)n2c1=O. The van der Waals surface area contributed by atoms with Crippen molar-refractivity contribution in [1.29, 1.82) is 0 Å². The molecule has 0 fully saturated rings. The number of fused-ring (bicyclic) bond motifs is 2. The summed E-state index contributed by atoms with van der Waals surface area (Å²) in [6, 6.07) is 9.49. The summed E-state index contributed by atoms with van der Waals surface area (Å²) in [4.78, 5) is 32.2. The summed E-state index contributed by atoms with van der Waals surface area (Å²) in [5, 5.41) is 0. The number of hydrogen-bond acceptors (Lipinski definition) is 3. The van der Waals surface area contributed by atoms with Gasteiger partial charge in [0, 0.05) is 36.9 Å². The Hall–Kier alpha value is -2.89. The van der Waals surface area contributed by atoms with Crippen LogP contribution in [0.2, 0.25) is 0 Å². The molecule has 0 aromatic carbocycles. The van der Waals surface area contributed by atoms with Crippen molar-refractivity contribution >= 4 is 11.6 Å². The van der Waals surface area contributed by atoms with Gasteiger partial charge in [0.15, 0.2) is 0 Å². The van der Waals surface area contributed by atoms with Gasteiger partial charge in [0.2, 0.25) is 0 Å². The van der Waals surface area contributed by atoms with Crippen molar-refractivity contribution in [3.8, 4) is 0 Å². The number of pyridine rings is 1. The maximum absolute atomic E-state index is 13.1. The van der Waals surface area contributed by atoms with Crippen LogP contribution in [-0.4, -0.2) is 31.3 Å². The summed E-state index contributed by atoms with van der Waals surface area (Å²) < 4.78 is 3.68. The van der Waals surface area contributed by atoms with Crippen LogP contribution in [0.5, 0.6) is 0 Å². The van der Waals surface area contributed by atoms with Crippen molar-refractivity contribution in [3.05, 3.63) is 70.0 Å². The van der Waals surface area contributed by atoms with Gasteiger partial charge in [-0.25, -0.2) is 4.98 Å². The largest absolute Gasteiger partial charge is 0.348 e. The molecule has 3 aromatic heterocycles. The monoisotopic (exact) mass is 336 g/mol. The van der Waals surface area contributed by atoms with Gasteiger partial charge in [-0.05, 0) is 37.6 Å². The third-order valence-corrected chi connectivity index (χ3v) is 4.97. The van der Waals surface area contributed by atoms with Crippen LogP contribution in [0.25, 0.3) is 5.65 Å². The summed E-state index contributed by atoms with van der Waals surface area (Å²) in [6.45, 7) is 5.23. The minimum Gasteiger partial charge on any atom is -0.348 e. The predicted molar refractivity (Wildman–Crippen MR) is 94.7 cm³/mol. The number of aryl methyl sites for hydroxylation is 1. The molecule has 0 aliphatic carbocycles. The van der Waals surface area contributed by atoms with Crippen LogP contribution >= 0.6 is 0 Å². The van der Waals surface area contributed by atoms with Crippen molar-refractivity contribution in [1.82, 2.24) is 18.9 Å². The van der Waals surface area contributed by atoms with Gasteiger partial charge in [0.25, 0.3) is 11.5 Å². The summed E-state index contributed by atoms with van der Waals surface area (Å²) in [5.41, 5.74) is 2.27. The molecule has 1 aliphatic heterocycles. The van der Waals surface area contributed by atoms with Gasteiger partial charge in [-0.3, -0.25) is 14.0 Å². The molecule has 4 heterocycles.